The quantitative estimate of drug-likeness (QED) is 0.571. The summed E-state index contributed by atoms with van der Waals surface area (Å²) in [4.78, 5) is 0. The van der Waals surface area contributed by atoms with E-state index in [0.717, 1.165) is 0 Å². The number of pyridine rings is 1. The molecule has 0 saturated heterocycles. The molecule has 1 aliphatic carbocycles. The monoisotopic (exact) mass is 302 g/mol. The van der Waals surface area contributed by atoms with Gasteiger partial charge in [0, 0.05) is 18.6 Å². The molecule has 1 heterocycles. The highest BCUT2D eigenvalue weighted by Crippen LogP contribution is 2.33. The molecule has 0 fully saturated rings. The number of benzene rings is 2. The summed E-state index contributed by atoms with van der Waals surface area (Å²) in [6.45, 7) is 6.61. The predicted octanol–water partition coefficient (Wildman–Crippen LogP) is 4.75. The van der Waals surface area contributed by atoms with Crippen LogP contribution in [0, 0.1) is 20.8 Å². The Hall–Kier alpha value is -2.15. The minimum Gasteiger partial charge on any atom is -0.198 e. The maximum absolute atomic E-state index is 2.45. The van der Waals surface area contributed by atoms with Gasteiger partial charge >= 0.3 is 0 Å². The maximum atomic E-state index is 2.45. The van der Waals surface area contributed by atoms with Crippen molar-refractivity contribution in [3.8, 4) is 11.3 Å². The lowest BCUT2D eigenvalue weighted by Gasteiger charge is -2.12. The molecule has 0 unspecified atom stereocenters. The van der Waals surface area contributed by atoms with Crippen molar-refractivity contribution in [3.05, 3.63) is 64.3 Å². The Bertz CT molecular complexity index is 935. The zero-order chi connectivity index (χ0) is 16.1. The summed E-state index contributed by atoms with van der Waals surface area (Å²) in [7, 11) is 2.19. The summed E-state index contributed by atoms with van der Waals surface area (Å²) in [5.41, 5.74) is 9.80. The number of hydrogen-bond acceptors (Lipinski definition) is 0. The van der Waals surface area contributed by atoms with Gasteiger partial charge < -0.3 is 0 Å². The Morgan fingerprint density at radius 2 is 1.61 bits per heavy atom. The lowest BCUT2D eigenvalue weighted by atomic mass is 9.95. The van der Waals surface area contributed by atoms with Crippen LogP contribution in [0.3, 0.4) is 0 Å². The zero-order valence-corrected chi connectivity index (χ0v) is 14.5. The molecular weight excluding hydrogens is 278 g/mol. The van der Waals surface area contributed by atoms with Crippen LogP contribution < -0.4 is 4.57 Å². The van der Waals surface area contributed by atoms with Crippen molar-refractivity contribution in [2.45, 2.75) is 40.0 Å². The molecule has 1 nitrogen and oxygen atoms in total. The summed E-state index contributed by atoms with van der Waals surface area (Å²) < 4.78 is 2.35. The number of aromatic nitrogens is 1. The van der Waals surface area contributed by atoms with E-state index in [4.69, 9.17) is 0 Å². The zero-order valence-electron chi connectivity index (χ0n) is 14.5. The van der Waals surface area contributed by atoms with E-state index in [0.29, 0.717) is 0 Å². The summed E-state index contributed by atoms with van der Waals surface area (Å²) in [5, 5.41) is 2.78. The van der Waals surface area contributed by atoms with Gasteiger partial charge in [-0.3, -0.25) is 0 Å². The summed E-state index contributed by atoms with van der Waals surface area (Å²) in [5.74, 6) is 0. The maximum Gasteiger partial charge on any atom is 0.220 e. The van der Waals surface area contributed by atoms with Crippen molar-refractivity contribution in [3.63, 3.8) is 0 Å². The van der Waals surface area contributed by atoms with Gasteiger partial charge in [-0.25, -0.2) is 0 Å². The van der Waals surface area contributed by atoms with Crippen LogP contribution in [0.25, 0.3) is 22.0 Å². The fourth-order valence-electron chi connectivity index (χ4n) is 3.96. The summed E-state index contributed by atoms with van der Waals surface area (Å²) in [6, 6.07) is 14.0. The van der Waals surface area contributed by atoms with Crippen molar-refractivity contribution in [1.82, 2.24) is 0 Å². The second kappa shape index (κ2) is 5.19. The van der Waals surface area contributed by atoms with Crippen LogP contribution in [-0.4, -0.2) is 0 Å². The molecule has 2 aromatic carbocycles. The molecule has 1 aliphatic rings. The summed E-state index contributed by atoms with van der Waals surface area (Å²) >= 11 is 0. The highest BCUT2D eigenvalue weighted by Gasteiger charge is 2.22. The average Bonchev–Trinajstić information content (AvgIpc) is 2.97. The molecule has 1 aromatic heterocycles. The minimum absolute atomic E-state index is 1.23. The molecule has 0 radical (unpaired) electrons. The fraction of sp³-hybridized carbons (Fsp3) is 0.318. The minimum atomic E-state index is 1.23. The van der Waals surface area contributed by atoms with Crippen LogP contribution in [0.2, 0.25) is 0 Å². The molecule has 4 rings (SSSR count). The van der Waals surface area contributed by atoms with E-state index in [2.05, 4.69) is 68.8 Å². The summed E-state index contributed by atoms with van der Waals surface area (Å²) in [6.07, 6.45) is 3.77. The van der Waals surface area contributed by atoms with Crippen LogP contribution in [0.1, 0.15) is 34.4 Å². The van der Waals surface area contributed by atoms with Gasteiger partial charge in [-0.15, -0.1) is 0 Å². The van der Waals surface area contributed by atoms with Crippen molar-refractivity contribution >= 4 is 10.8 Å². The molecule has 23 heavy (non-hydrogen) atoms. The van der Waals surface area contributed by atoms with Crippen LogP contribution >= 0.6 is 0 Å². The highest BCUT2D eigenvalue weighted by molar-refractivity contribution is 5.95. The molecule has 1 heteroatoms. The van der Waals surface area contributed by atoms with E-state index in [9.17, 15) is 0 Å². The molecule has 0 saturated carbocycles. The largest absolute Gasteiger partial charge is 0.220 e. The van der Waals surface area contributed by atoms with Gasteiger partial charge in [-0.1, -0.05) is 23.8 Å². The second-order valence-electron chi connectivity index (χ2n) is 7.07. The molecule has 0 N–H and O–H groups in total. The second-order valence-corrected chi connectivity index (χ2v) is 7.07. The van der Waals surface area contributed by atoms with E-state index < -0.39 is 0 Å². The number of nitrogens with zero attached hydrogens (tertiary/aromatic N) is 1. The first-order chi connectivity index (χ1) is 11.0. The molecule has 0 bridgehead atoms. The molecule has 0 spiro atoms. The molecule has 0 amide bonds. The fourth-order valence-corrected chi connectivity index (χ4v) is 3.96. The Balaban J connectivity index is 2.12. The standard InChI is InChI=1S/C22H24N/c1-14-8-9-15(2)20(10-14)22-21-13-18-7-5-6-17(18)12-19(21)11-16(3)23(22)4/h8-13H,5-7H2,1-4H3/q+1. The van der Waals surface area contributed by atoms with Gasteiger partial charge in [0.2, 0.25) is 5.69 Å². The van der Waals surface area contributed by atoms with E-state index in [1.165, 1.54) is 58.1 Å². The van der Waals surface area contributed by atoms with Crippen molar-refractivity contribution in [1.29, 1.82) is 0 Å². The van der Waals surface area contributed by atoms with Crippen molar-refractivity contribution < 1.29 is 4.57 Å². The topological polar surface area (TPSA) is 3.88 Å². The molecule has 0 atom stereocenters. The number of fused-ring (bicyclic) bond motifs is 2. The first kappa shape index (κ1) is 14.4. The van der Waals surface area contributed by atoms with Crippen LogP contribution in [0.4, 0.5) is 0 Å². The van der Waals surface area contributed by atoms with Gasteiger partial charge in [0.25, 0.3) is 0 Å². The SMILES string of the molecule is Cc1ccc(C)c(-c2c3cc4c(cc3cc(C)[n+]2C)CCC4)c1. The molecule has 0 aliphatic heterocycles. The normalized spacial score (nSPS) is 13.6. The van der Waals surface area contributed by atoms with Crippen LogP contribution in [-0.2, 0) is 19.9 Å². The Morgan fingerprint density at radius 1 is 0.870 bits per heavy atom. The highest BCUT2D eigenvalue weighted by atomic mass is 14.9. The van der Waals surface area contributed by atoms with Gasteiger partial charge in [0.1, 0.15) is 7.05 Å². The first-order valence-corrected chi connectivity index (χ1v) is 8.57. The molecule has 3 aromatic rings. The van der Waals surface area contributed by atoms with E-state index in [1.54, 1.807) is 11.1 Å². The lowest BCUT2D eigenvalue weighted by Crippen LogP contribution is -2.35. The third-order valence-electron chi connectivity index (χ3n) is 5.40. The molecule has 116 valence electrons. The van der Waals surface area contributed by atoms with E-state index >= 15 is 0 Å². The van der Waals surface area contributed by atoms with Gasteiger partial charge in [-0.05, 0) is 67.3 Å². The Morgan fingerprint density at radius 3 is 2.39 bits per heavy atom. The Labute approximate surface area is 138 Å². The number of rotatable bonds is 1. The third-order valence-corrected chi connectivity index (χ3v) is 5.40. The average molecular weight is 302 g/mol. The first-order valence-electron chi connectivity index (χ1n) is 8.57. The lowest BCUT2D eigenvalue weighted by molar-refractivity contribution is -0.665. The van der Waals surface area contributed by atoms with Gasteiger partial charge in [-0.2, -0.15) is 4.57 Å². The van der Waals surface area contributed by atoms with Crippen molar-refractivity contribution in [2.75, 3.05) is 0 Å². The third kappa shape index (κ3) is 2.26. The van der Waals surface area contributed by atoms with E-state index in [1.807, 2.05) is 0 Å². The predicted molar refractivity (Wildman–Crippen MR) is 96.8 cm³/mol. The van der Waals surface area contributed by atoms with Crippen LogP contribution in [0.5, 0.6) is 0 Å². The number of hydrogen-bond donors (Lipinski definition) is 0. The van der Waals surface area contributed by atoms with Crippen molar-refractivity contribution in [2.24, 2.45) is 7.05 Å². The van der Waals surface area contributed by atoms with E-state index in [-0.39, 0.29) is 0 Å². The number of aryl methyl sites for hydroxylation is 5. The smallest absolute Gasteiger partial charge is 0.198 e. The van der Waals surface area contributed by atoms with Crippen LogP contribution in [0.15, 0.2) is 36.4 Å². The molecular formula is C22H24N+. The van der Waals surface area contributed by atoms with Gasteiger partial charge in [0.05, 0.1) is 5.39 Å². The Kier molecular flexibility index (Phi) is 3.26. The van der Waals surface area contributed by atoms with Gasteiger partial charge in [0.15, 0.2) is 5.69 Å².